The molecule has 2 aromatic heterocycles. The van der Waals surface area contributed by atoms with Gasteiger partial charge in [0.05, 0.1) is 17.5 Å². The van der Waals surface area contributed by atoms with Crippen molar-refractivity contribution in [3.63, 3.8) is 0 Å². The zero-order valence-electron chi connectivity index (χ0n) is 15.4. The molecule has 7 heteroatoms. The number of carbonyl (C=O) groups is 1. The van der Waals surface area contributed by atoms with Gasteiger partial charge in [-0.3, -0.25) is 9.48 Å². The number of fused-ring (bicyclic) bond motifs is 1. The van der Waals surface area contributed by atoms with Gasteiger partial charge in [-0.15, -0.1) is 10.2 Å². The minimum Gasteiger partial charge on any atom is -0.424 e. The highest BCUT2D eigenvalue weighted by atomic mass is 16.4. The molecule has 2 aromatic rings. The Morgan fingerprint density at radius 2 is 2.19 bits per heavy atom. The van der Waals surface area contributed by atoms with Crippen molar-refractivity contribution in [1.29, 1.82) is 0 Å². The number of aryl methyl sites for hydroxylation is 2. The molecule has 0 unspecified atom stereocenters. The van der Waals surface area contributed by atoms with Crippen LogP contribution in [0.1, 0.15) is 61.2 Å². The first-order valence-electron chi connectivity index (χ1n) is 9.66. The van der Waals surface area contributed by atoms with Crippen molar-refractivity contribution >= 4 is 5.91 Å². The molecule has 2 aliphatic carbocycles. The molecule has 1 saturated heterocycles. The van der Waals surface area contributed by atoms with Gasteiger partial charge in [0, 0.05) is 31.7 Å². The van der Waals surface area contributed by atoms with E-state index < -0.39 is 0 Å². The van der Waals surface area contributed by atoms with E-state index in [0.29, 0.717) is 24.8 Å². The Morgan fingerprint density at radius 3 is 2.92 bits per heavy atom. The van der Waals surface area contributed by atoms with Crippen LogP contribution in [-0.4, -0.2) is 43.9 Å². The highest BCUT2D eigenvalue weighted by Gasteiger charge is 2.55. The maximum Gasteiger partial charge on any atom is 0.228 e. The van der Waals surface area contributed by atoms with Crippen LogP contribution in [0.4, 0.5) is 0 Å². The van der Waals surface area contributed by atoms with Crippen molar-refractivity contribution in [2.24, 2.45) is 13.0 Å². The molecule has 2 saturated carbocycles. The van der Waals surface area contributed by atoms with Crippen molar-refractivity contribution in [2.45, 2.75) is 56.8 Å². The number of rotatable bonds is 4. The van der Waals surface area contributed by atoms with Gasteiger partial charge in [-0.25, -0.2) is 0 Å². The average Bonchev–Trinajstić information content (AvgIpc) is 2.95. The first-order chi connectivity index (χ1) is 12.5. The van der Waals surface area contributed by atoms with Gasteiger partial charge in [-0.2, -0.15) is 5.10 Å². The molecule has 2 atom stereocenters. The number of hydrogen-bond donors (Lipinski definition) is 0. The third-order valence-corrected chi connectivity index (χ3v) is 6.45. The highest BCUT2D eigenvalue weighted by molar-refractivity contribution is 5.79. The zero-order valence-corrected chi connectivity index (χ0v) is 15.4. The molecule has 3 heterocycles. The molecule has 0 bridgehead atoms. The van der Waals surface area contributed by atoms with Crippen LogP contribution in [-0.2, 0) is 23.7 Å². The van der Waals surface area contributed by atoms with E-state index in [9.17, 15) is 4.79 Å². The molecule has 3 aliphatic rings. The van der Waals surface area contributed by atoms with Crippen LogP contribution in [0.25, 0.3) is 0 Å². The molecular weight excluding hydrogens is 330 g/mol. The largest absolute Gasteiger partial charge is 0.424 e. The number of nitrogens with zero attached hydrogens (tertiary/aromatic N) is 5. The van der Waals surface area contributed by atoms with Gasteiger partial charge in [0.2, 0.25) is 17.7 Å². The quantitative estimate of drug-likeness (QED) is 0.839. The SMILES string of the molecule is Cc1cc(CC(=O)N2C[C@@H]3CCC[C@]3(c3nnc(C4CC4)o3)C2)n(C)n1. The number of aromatic nitrogens is 4. The third-order valence-electron chi connectivity index (χ3n) is 6.45. The summed E-state index contributed by atoms with van der Waals surface area (Å²) < 4.78 is 7.90. The Morgan fingerprint density at radius 1 is 1.35 bits per heavy atom. The predicted octanol–water partition coefficient (Wildman–Crippen LogP) is 2.11. The summed E-state index contributed by atoms with van der Waals surface area (Å²) in [7, 11) is 1.90. The molecular formula is C19H25N5O2. The Labute approximate surface area is 152 Å². The van der Waals surface area contributed by atoms with Crippen molar-refractivity contribution in [2.75, 3.05) is 13.1 Å². The van der Waals surface area contributed by atoms with Gasteiger partial charge in [0.15, 0.2) is 0 Å². The summed E-state index contributed by atoms with van der Waals surface area (Å²) in [5, 5.41) is 13.1. The van der Waals surface area contributed by atoms with Gasteiger partial charge in [0.1, 0.15) is 0 Å². The second-order valence-corrected chi connectivity index (χ2v) is 8.32. The molecule has 1 aliphatic heterocycles. The van der Waals surface area contributed by atoms with Crippen LogP contribution >= 0.6 is 0 Å². The second kappa shape index (κ2) is 5.66. The Kier molecular flexibility index (Phi) is 3.49. The van der Waals surface area contributed by atoms with Crippen LogP contribution in [0.5, 0.6) is 0 Å². The van der Waals surface area contributed by atoms with E-state index in [4.69, 9.17) is 4.42 Å². The van der Waals surface area contributed by atoms with Gasteiger partial charge in [-0.05, 0) is 44.6 Å². The van der Waals surface area contributed by atoms with E-state index in [1.807, 2.05) is 24.9 Å². The van der Waals surface area contributed by atoms with Crippen molar-refractivity contribution < 1.29 is 9.21 Å². The lowest BCUT2D eigenvalue weighted by atomic mass is 9.80. The van der Waals surface area contributed by atoms with E-state index in [2.05, 4.69) is 15.3 Å². The highest BCUT2D eigenvalue weighted by Crippen LogP contribution is 2.51. The fourth-order valence-electron chi connectivity index (χ4n) is 4.86. The molecule has 0 N–H and O–H groups in total. The molecule has 5 rings (SSSR count). The molecule has 3 fully saturated rings. The summed E-state index contributed by atoms with van der Waals surface area (Å²) in [6.45, 7) is 3.46. The van der Waals surface area contributed by atoms with Crippen molar-refractivity contribution in [3.05, 3.63) is 29.2 Å². The first-order valence-corrected chi connectivity index (χ1v) is 9.66. The standard InChI is InChI=1S/C19H25N5O2/c1-12-8-15(23(2)22-12)9-16(25)24-10-14-4-3-7-19(14,11-24)18-21-20-17(26-18)13-5-6-13/h8,13-14H,3-7,9-11H2,1-2H3/t14-,19-/m0/s1. The lowest BCUT2D eigenvalue weighted by molar-refractivity contribution is -0.129. The van der Waals surface area contributed by atoms with E-state index >= 15 is 0 Å². The summed E-state index contributed by atoms with van der Waals surface area (Å²) in [6, 6.07) is 1.99. The maximum atomic E-state index is 12.9. The van der Waals surface area contributed by atoms with E-state index in [0.717, 1.165) is 55.4 Å². The molecule has 0 radical (unpaired) electrons. The zero-order chi connectivity index (χ0) is 17.9. The fraction of sp³-hybridized carbons (Fsp3) is 0.684. The van der Waals surface area contributed by atoms with Gasteiger partial charge in [-0.1, -0.05) is 6.42 Å². The monoisotopic (exact) mass is 355 g/mol. The molecule has 7 nitrogen and oxygen atoms in total. The van der Waals surface area contributed by atoms with E-state index in [-0.39, 0.29) is 11.3 Å². The van der Waals surface area contributed by atoms with Gasteiger partial charge < -0.3 is 9.32 Å². The Balaban J connectivity index is 1.36. The number of carbonyl (C=O) groups excluding carboxylic acids is 1. The summed E-state index contributed by atoms with van der Waals surface area (Å²) in [4.78, 5) is 14.9. The van der Waals surface area contributed by atoms with Crippen LogP contribution in [0.15, 0.2) is 10.5 Å². The average molecular weight is 355 g/mol. The fourth-order valence-corrected chi connectivity index (χ4v) is 4.86. The summed E-state index contributed by atoms with van der Waals surface area (Å²) in [5.74, 6) is 2.65. The smallest absolute Gasteiger partial charge is 0.228 e. The van der Waals surface area contributed by atoms with Crippen LogP contribution in [0, 0.1) is 12.8 Å². The summed E-state index contributed by atoms with van der Waals surface area (Å²) in [6.07, 6.45) is 6.07. The molecule has 1 amide bonds. The van der Waals surface area contributed by atoms with Gasteiger partial charge in [0.25, 0.3) is 0 Å². The first kappa shape index (κ1) is 16.0. The van der Waals surface area contributed by atoms with Crippen LogP contribution < -0.4 is 0 Å². The summed E-state index contributed by atoms with van der Waals surface area (Å²) in [5.41, 5.74) is 1.79. The maximum absolute atomic E-state index is 12.9. The number of amides is 1. The second-order valence-electron chi connectivity index (χ2n) is 8.32. The normalized spacial score (nSPS) is 27.9. The molecule has 138 valence electrons. The molecule has 26 heavy (non-hydrogen) atoms. The van der Waals surface area contributed by atoms with Gasteiger partial charge >= 0.3 is 0 Å². The molecule has 0 aromatic carbocycles. The van der Waals surface area contributed by atoms with Crippen molar-refractivity contribution in [1.82, 2.24) is 24.9 Å². The predicted molar refractivity (Wildman–Crippen MR) is 93.5 cm³/mol. The lowest BCUT2D eigenvalue weighted by Gasteiger charge is -2.24. The molecule has 0 spiro atoms. The number of likely N-dealkylation sites (tertiary alicyclic amines) is 1. The van der Waals surface area contributed by atoms with Crippen molar-refractivity contribution in [3.8, 4) is 0 Å². The topological polar surface area (TPSA) is 77.0 Å². The minimum absolute atomic E-state index is 0.127. The lowest BCUT2D eigenvalue weighted by Crippen LogP contribution is -2.35. The third kappa shape index (κ3) is 2.47. The number of hydrogen-bond acceptors (Lipinski definition) is 5. The minimum atomic E-state index is -0.127. The summed E-state index contributed by atoms with van der Waals surface area (Å²) >= 11 is 0. The van der Waals surface area contributed by atoms with E-state index in [1.54, 1.807) is 4.68 Å². The Bertz CT molecular complexity index is 852. The van der Waals surface area contributed by atoms with Crippen LogP contribution in [0.2, 0.25) is 0 Å². The Hall–Kier alpha value is -2.18. The van der Waals surface area contributed by atoms with E-state index in [1.165, 1.54) is 6.42 Å². The van der Waals surface area contributed by atoms with Crippen LogP contribution in [0.3, 0.4) is 0 Å².